The fourth-order valence-electron chi connectivity index (χ4n) is 1.73. The maximum Gasteiger partial charge on any atom is 0.333 e. The van der Waals surface area contributed by atoms with E-state index in [9.17, 15) is 8.78 Å². The van der Waals surface area contributed by atoms with Gasteiger partial charge in [-0.15, -0.1) is 12.4 Å². The molecule has 0 aliphatic heterocycles. The van der Waals surface area contributed by atoms with Crippen LogP contribution >= 0.6 is 12.4 Å². The molecule has 19 heavy (non-hydrogen) atoms. The minimum Gasteiger partial charge on any atom is -0.305 e. The summed E-state index contributed by atoms with van der Waals surface area (Å²) in [6.45, 7) is 0.412. The molecule has 106 valence electrons. The Kier molecular flexibility index (Phi) is 5.44. The molecule has 0 spiro atoms. The Labute approximate surface area is 116 Å². The molecule has 2 aromatic heterocycles. The van der Waals surface area contributed by atoms with Crippen molar-refractivity contribution in [2.24, 2.45) is 7.05 Å². The van der Waals surface area contributed by atoms with Crippen LogP contribution in [0.25, 0.3) is 0 Å². The molecule has 0 aromatic carbocycles. The van der Waals surface area contributed by atoms with Gasteiger partial charge in [-0.25, -0.2) is 4.68 Å². The molecule has 8 heteroatoms. The van der Waals surface area contributed by atoms with E-state index >= 15 is 0 Å². The topological polar surface area (TPSA) is 47.7 Å². The minimum absolute atomic E-state index is 0. The zero-order valence-corrected chi connectivity index (χ0v) is 11.5. The number of aromatic nitrogens is 4. The first-order chi connectivity index (χ1) is 8.56. The smallest absolute Gasteiger partial charge is 0.305 e. The lowest BCUT2D eigenvalue weighted by molar-refractivity contribution is 0.0561. The number of alkyl halides is 2. The van der Waals surface area contributed by atoms with E-state index in [-0.39, 0.29) is 12.4 Å². The van der Waals surface area contributed by atoms with Crippen LogP contribution in [0.1, 0.15) is 23.6 Å². The highest BCUT2D eigenvalue weighted by Gasteiger charge is 2.07. The zero-order chi connectivity index (χ0) is 13.1. The summed E-state index contributed by atoms with van der Waals surface area (Å²) in [7, 11) is 1.87. The van der Waals surface area contributed by atoms with E-state index in [4.69, 9.17) is 0 Å². The Morgan fingerprint density at radius 2 is 2.05 bits per heavy atom. The fourth-order valence-corrected chi connectivity index (χ4v) is 1.73. The van der Waals surface area contributed by atoms with E-state index in [0.717, 1.165) is 11.4 Å². The lowest BCUT2D eigenvalue weighted by atomic mass is 10.3. The first-order valence-corrected chi connectivity index (χ1v) is 5.58. The number of nitrogens with one attached hydrogen (secondary N) is 1. The van der Waals surface area contributed by atoms with Crippen molar-refractivity contribution in [1.82, 2.24) is 24.9 Å². The average Bonchev–Trinajstić information content (AvgIpc) is 2.87. The van der Waals surface area contributed by atoms with Gasteiger partial charge in [-0.1, -0.05) is 0 Å². The molecule has 5 nitrogen and oxygen atoms in total. The van der Waals surface area contributed by atoms with Gasteiger partial charge in [0.1, 0.15) is 0 Å². The van der Waals surface area contributed by atoms with E-state index in [0.29, 0.717) is 23.5 Å². The van der Waals surface area contributed by atoms with Crippen LogP contribution in [-0.4, -0.2) is 19.6 Å². The lowest BCUT2D eigenvalue weighted by Gasteiger charge is -2.03. The molecule has 0 aliphatic carbocycles. The molecular formula is C11H16ClF2N5. The maximum atomic E-state index is 12.3. The molecule has 0 atom stereocenters. The van der Waals surface area contributed by atoms with Crippen molar-refractivity contribution in [3.05, 3.63) is 35.4 Å². The summed E-state index contributed by atoms with van der Waals surface area (Å²) < 4.78 is 27.0. The second kappa shape index (κ2) is 6.63. The molecule has 0 saturated heterocycles. The van der Waals surface area contributed by atoms with Crippen LogP contribution in [0.15, 0.2) is 18.3 Å². The highest BCUT2D eigenvalue weighted by atomic mass is 35.5. The van der Waals surface area contributed by atoms with Gasteiger partial charge >= 0.3 is 6.55 Å². The molecule has 0 bridgehead atoms. The molecule has 0 saturated carbocycles. The standard InChI is InChI=1S/C11H15F2N5.ClH/c1-8-5-10(17(2)15-8)7-14-6-9-3-4-18(16-9)11(12)13;/h3-5,11,14H,6-7H2,1-2H3;1H. The SMILES string of the molecule is Cc1cc(CNCc2ccn(C(F)F)n2)n(C)n1.Cl. The first kappa shape index (κ1) is 15.6. The molecule has 0 amide bonds. The summed E-state index contributed by atoms with van der Waals surface area (Å²) in [5.41, 5.74) is 2.59. The summed E-state index contributed by atoms with van der Waals surface area (Å²) in [4.78, 5) is 0. The zero-order valence-electron chi connectivity index (χ0n) is 10.7. The molecular weight excluding hydrogens is 276 g/mol. The second-order valence-electron chi connectivity index (χ2n) is 4.07. The van der Waals surface area contributed by atoms with E-state index in [2.05, 4.69) is 15.5 Å². The summed E-state index contributed by atoms with van der Waals surface area (Å²) in [5, 5.41) is 11.1. The number of rotatable bonds is 5. The third kappa shape index (κ3) is 4.00. The van der Waals surface area contributed by atoms with E-state index in [1.165, 1.54) is 6.20 Å². The predicted octanol–water partition coefficient (Wildman–Crippen LogP) is 2.03. The van der Waals surface area contributed by atoms with Crippen LogP contribution in [0, 0.1) is 6.92 Å². The van der Waals surface area contributed by atoms with Crippen LogP contribution in [0.4, 0.5) is 8.78 Å². The van der Waals surface area contributed by atoms with E-state index < -0.39 is 6.55 Å². The number of nitrogens with zero attached hydrogens (tertiary/aromatic N) is 4. The van der Waals surface area contributed by atoms with Gasteiger partial charge in [-0.05, 0) is 19.1 Å². The van der Waals surface area contributed by atoms with Crippen LogP contribution in [-0.2, 0) is 20.1 Å². The normalized spacial score (nSPS) is 10.8. The molecule has 1 N–H and O–H groups in total. The molecule has 0 fully saturated rings. The second-order valence-corrected chi connectivity index (χ2v) is 4.07. The molecule has 2 aromatic rings. The van der Waals surface area contributed by atoms with Crippen molar-refractivity contribution in [1.29, 1.82) is 0 Å². The van der Waals surface area contributed by atoms with Crippen molar-refractivity contribution >= 4 is 12.4 Å². The summed E-state index contributed by atoms with van der Waals surface area (Å²) in [6.07, 6.45) is 1.27. The van der Waals surface area contributed by atoms with Crippen molar-refractivity contribution < 1.29 is 8.78 Å². The summed E-state index contributed by atoms with van der Waals surface area (Å²) in [5.74, 6) is 0. The quantitative estimate of drug-likeness (QED) is 0.917. The Morgan fingerprint density at radius 1 is 1.32 bits per heavy atom. The van der Waals surface area contributed by atoms with Gasteiger partial charge in [0.25, 0.3) is 0 Å². The van der Waals surface area contributed by atoms with Crippen LogP contribution < -0.4 is 5.32 Å². The number of hydrogen-bond donors (Lipinski definition) is 1. The minimum atomic E-state index is -2.58. The van der Waals surface area contributed by atoms with Gasteiger partial charge in [0.05, 0.1) is 17.1 Å². The van der Waals surface area contributed by atoms with Gasteiger partial charge < -0.3 is 5.32 Å². The van der Waals surface area contributed by atoms with Gasteiger partial charge in [-0.2, -0.15) is 19.0 Å². The van der Waals surface area contributed by atoms with Crippen LogP contribution in [0.2, 0.25) is 0 Å². The Hall–Kier alpha value is -1.47. The highest BCUT2D eigenvalue weighted by Crippen LogP contribution is 2.08. The molecule has 2 heterocycles. The predicted molar refractivity (Wildman–Crippen MR) is 69.2 cm³/mol. The van der Waals surface area contributed by atoms with Crippen LogP contribution in [0.3, 0.4) is 0 Å². The van der Waals surface area contributed by atoms with Gasteiger partial charge in [0.2, 0.25) is 0 Å². The first-order valence-electron chi connectivity index (χ1n) is 5.58. The monoisotopic (exact) mass is 291 g/mol. The van der Waals surface area contributed by atoms with Crippen molar-refractivity contribution in [3.63, 3.8) is 0 Å². The van der Waals surface area contributed by atoms with Gasteiger partial charge in [0.15, 0.2) is 0 Å². The van der Waals surface area contributed by atoms with E-state index in [1.54, 1.807) is 10.7 Å². The van der Waals surface area contributed by atoms with Gasteiger partial charge in [0, 0.05) is 26.3 Å². The van der Waals surface area contributed by atoms with Gasteiger partial charge in [-0.3, -0.25) is 4.68 Å². The lowest BCUT2D eigenvalue weighted by Crippen LogP contribution is -2.15. The largest absolute Gasteiger partial charge is 0.333 e. The fraction of sp³-hybridized carbons (Fsp3) is 0.455. The highest BCUT2D eigenvalue weighted by molar-refractivity contribution is 5.85. The Bertz CT molecular complexity index is 523. The number of hydrogen-bond acceptors (Lipinski definition) is 3. The molecule has 0 aliphatic rings. The summed E-state index contributed by atoms with van der Waals surface area (Å²) >= 11 is 0. The number of aryl methyl sites for hydroxylation is 2. The Morgan fingerprint density at radius 3 is 2.58 bits per heavy atom. The van der Waals surface area contributed by atoms with Crippen molar-refractivity contribution in [2.45, 2.75) is 26.6 Å². The van der Waals surface area contributed by atoms with E-state index in [1.807, 2.05) is 20.0 Å². The third-order valence-electron chi connectivity index (χ3n) is 2.57. The van der Waals surface area contributed by atoms with Crippen molar-refractivity contribution in [2.75, 3.05) is 0 Å². The van der Waals surface area contributed by atoms with Crippen LogP contribution in [0.5, 0.6) is 0 Å². The number of halogens is 3. The molecule has 0 unspecified atom stereocenters. The maximum absolute atomic E-state index is 12.3. The molecule has 0 radical (unpaired) electrons. The van der Waals surface area contributed by atoms with Crippen molar-refractivity contribution in [3.8, 4) is 0 Å². The summed E-state index contributed by atoms with van der Waals surface area (Å²) in [6, 6.07) is 3.55. The average molecular weight is 292 g/mol. The Balaban J connectivity index is 0.00000180. The third-order valence-corrected chi connectivity index (χ3v) is 2.57. The molecule has 2 rings (SSSR count).